The average Bonchev–Trinajstić information content (AvgIpc) is 3.25. The second-order valence-electron chi connectivity index (χ2n) is 8.38. The van der Waals surface area contributed by atoms with E-state index in [1.807, 2.05) is 58.0 Å². The van der Waals surface area contributed by atoms with Crippen LogP contribution >= 0.6 is 0 Å². The maximum Gasteiger partial charge on any atom is 0.244 e. The first-order chi connectivity index (χ1) is 16.9. The van der Waals surface area contributed by atoms with Crippen LogP contribution in [0.4, 0.5) is 0 Å². The third kappa shape index (κ3) is 6.57. The Morgan fingerprint density at radius 1 is 1.09 bits per heavy atom. The van der Waals surface area contributed by atoms with Gasteiger partial charge in [0.2, 0.25) is 5.91 Å². The first-order valence-corrected chi connectivity index (χ1v) is 11.9. The number of amides is 1. The molecule has 7 nitrogen and oxygen atoms in total. The molecule has 1 aromatic heterocycles. The molecule has 1 amide bonds. The van der Waals surface area contributed by atoms with Crippen molar-refractivity contribution in [2.75, 3.05) is 34.0 Å². The molecular weight excluding hydrogens is 446 g/mol. The molecule has 3 rings (SSSR count). The summed E-state index contributed by atoms with van der Waals surface area (Å²) < 4.78 is 28.3. The molecule has 0 aliphatic rings. The van der Waals surface area contributed by atoms with Crippen LogP contribution in [0.2, 0.25) is 0 Å². The Morgan fingerprint density at radius 3 is 2.57 bits per heavy atom. The highest BCUT2D eigenvalue weighted by Crippen LogP contribution is 2.41. The monoisotopic (exact) mass is 481 g/mol. The normalized spacial score (nSPS) is 11.7. The molecule has 1 heterocycles. The number of hydrogen-bond acceptors (Lipinski definition) is 6. The van der Waals surface area contributed by atoms with Crippen molar-refractivity contribution in [1.82, 2.24) is 5.32 Å². The fourth-order valence-electron chi connectivity index (χ4n) is 3.80. The molecule has 188 valence electrons. The second kappa shape index (κ2) is 12.3. The Balaban J connectivity index is 1.94. The summed E-state index contributed by atoms with van der Waals surface area (Å²) in [6.07, 6.45) is 4.24. The van der Waals surface area contributed by atoms with Gasteiger partial charge in [0.15, 0.2) is 0 Å². The van der Waals surface area contributed by atoms with Crippen LogP contribution < -0.4 is 19.5 Å². The number of hydrogen-bond donors (Lipinski definition) is 1. The minimum Gasteiger partial charge on any atom is -0.497 e. The van der Waals surface area contributed by atoms with E-state index in [4.69, 9.17) is 23.4 Å². The minimum atomic E-state index is -0.156. The first-order valence-electron chi connectivity index (χ1n) is 11.9. The first kappa shape index (κ1) is 26.2. The van der Waals surface area contributed by atoms with Gasteiger partial charge in [0, 0.05) is 47.4 Å². The summed E-state index contributed by atoms with van der Waals surface area (Å²) in [4.78, 5) is 12.5. The van der Waals surface area contributed by atoms with Crippen molar-refractivity contribution in [3.05, 3.63) is 48.2 Å². The highest BCUT2D eigenvalue weighted by atomic mass is 16.5. The van der Waals surface area contributed by atoms with E-state index >= 15 is 0 Å². The smallest absolute Gasteiger partial charge is 0.244 e. The molecular formula is C28H35NO6. The summed E-state index contributed by atoms with van der Waals surface area (Å²) in [5.41, 5.74) is 4.00. The fraction of sp³-hybridized carbons (Fsp3) is 0.393. The van der Waals surface area contributed by atoms with Gasteiger partial charge >= 0.3 is 0 Å². The number of fused-ring (bicyclic) bond motifs is 1. The number of allylic oxidation sites excluding steroid dienone is 1. The molecule has 0 atom stereocenters. The number of furan rings is 1. The third-order valence-corrected chi connectivity index (χ3v) is 5.52. The maximum atomic E-state index is 12.5. The van der Waals surface area contributed by atoms with Crippen molar-refractivity contribution in [2.24, 2.45) is 0 Å². The van der Waals surface area contributed by atoms with E-state index in [-0.39, 0.29) is 12.0 Å². The molecule has 0 saturated carbocycles. The number of rotatable bonds is 12. The van der Waals surface area contributed by atoms with Crippen LogP contribution in [0.5, 0.6) is 17.2 Å². The standard InChI is InChI=1S/C28H35NO6/c1-7-33-26-16-27-23(24(17-35-27)22-14-20(31-5)9-10-25(22)32-6)15-21(26)19(4)13-28(30)29-11-8-12-34-18(2)3/h9-10,13-18H,7-8,11-12H2,1-6H3,(H,29,30)/b19-13+. The van der Waals surface area contributed by atoms with E-state index in [0.29, 0.717) is 42.6 Å². The zero-order chi connectivity index (χ0) is 25.4. The van der Waals surface area contributed by atoms with Crippen LogP contribution in [0.15, 0.2) is 47.1 Å². The lowest BCUT2D eigenvalue weighted by Gasteiger charge is -2.13. The summed E-state index contributed by atoms with van der Waals surface area (Å²) in [5.74, 6) is 1.92. The maximum absolute atomic E-state index is 12.5. The molecule has 0 aliphatic carbocycles. The highest BCUT2D eigenvalue weighted by Gasteiger charge is 2.18. The molecule has 35 heavy (non-hydrogen) atoms. The molecule has 7 heteroatoms. The summed E-state index contributed by atoms with van der Waals surface area (Å²) in [6, 6.07) is 9.49. The number of benzene rings is 2. The topological polar surface area (TPSA) is 79.2 Å². The summed E-state index contributed by atoms with van der Waals surface area (Å²) in [5, 5.41) is 3.80. The largest absolute Gasteiger partial charge is 0.497 e. The Labute approximate surface area is 207 Å². The van der Waals surface area contributed by atoms with Crippen molar-refractivity contribution in [3.8, 4) is 28.4 Å². The number of methoxy groups -OCH3 is 2. The minimum absolute atomic E-state index is 0.156. The van der Waals surface area contributed by atoms with Gasteiger partial charge in [0.1, 0.15) is 22.8 Å². The number of nitrogens with one attached hydrogen (secondary N) is 1. The summed E-state index contributed by atoms with van der Waals surface area (Å²) in [6.45, 7) is 9.47. The van der Waals surface area contributed by atoms with E-state index < -0.39 is 0 Å². The van der Waals surface area contributed by atoms with Gasteiger partial charge < -0.3 is 28.7 Å². The molecule has 0 bridgehead atoms. The van der Waals surface area contributed by atoms with Gasteiger partial charge in [-0.2, -0.15) is 0 Å². The van der Waals surface area contributed by atoms with E-state index in [1.54, 1.807) is 26.6 Å². The number of carbonyl (C=O) groups is 1. The Morgan fingerprint density at radius 2 is 1.89 bits per heavy atom. The van der Waals surface area contributed by atoms with Crippen LogP contribution in [-0.4, -0.2) is 46.0 Å². The number of ether oxygens (including phenoxy) is 4. The SMILES string of the molecule is CCOc1cc2occ(-c3cc(OC)ccc3OC)c2cc1/C(C)=C/C(=O)NCCCOC(C)C. The lowest BCUT2D eigenvalue weighted by Crippen LogP contribution is -2.23. The van der Waals surface area contributed by atoms with Crippen LogP contribution in [0.25, 0.3) is 27.7 Å². The molecule has 1 N–H and O–H groups in total. The molecule has 3 aromatic rings. The third-order valence-electron chi connectivity index (χ3n) is 5.52. The van der Waals surface area contributed by atoms with Gasteiger partial charge in [-0.3, -0.25) is 4.79 Å². The lowest BCUT2D eigenvalue weighted by atomic mass is 9.98. The quantitative estimate of drug-likeness (QED) is 0.258. The Kier molecular flexibility index (Phi) is 9.20. The predicted octanol–water partition coefficient (Wildman–Crippen LogP) is 5.85. The van der Waals surface area contributed by atoms with Crippen molar-refractivity contribution in [1.29, 1.82) is 0 Å². The van der Waals surface area contributed by atoms with Crippen molar-refractivity contribution in [2.45, 2.75) is 40.2 Å². The zero-order valence-corrected chi connectivity index (χ0v) is 21.4. The fourth-order valence-corrected chi connectivity index (χ4v) is 3.80. The van der Waals surface area contributed by atoms with Crippen molar-refractivity contribution < 1.29 is 28.2 Å². The van der Waals surface area contributed by atoms with Gasteiger partial charge in [-0.15, -0.1) is 0 Å². The van der Waals surface area contributed by atoms with Crippen LogP contribution in [0, 0.1) is 0 Å². The van der Waals surface area contributed by atoms with E-state index in [2.05, 4.69) is 5.32 Å². The molecule has 0 spiro atoms. The molecule has 0 saturated heterocycles. The average molecular weight is 482 g/mol. The highest BCUT2D eigenvalue weighted by molar-refractivity contribution is 6.01. The summed E-state index contributed by atoms with van der Waals surface area (Å²) >= 11 is 0. The second-order valence-corrected chi connectivity index (χ2v) is 8.38. The molecule has 0 unspecified atom stereocenters. The lowest BCUT2D eigenvalue weighted by molar-refractivity contribution is -0.116. The van der Waals surface area contributed by atoms with Gasteiger partial charge in [0.25, 0.3) is 0 Å². The molecule has 0 aliphatic heterocycles. The van der Waals surface area contributed by atoms with Crippen LogP contribution in [0.3, 0.4) is 0 Å². The van der Waals surface area contributed by atoms with Gasteiger partial charge in [-0.05, 0) is 64.0 Å². The van der Waals surface area contributed by atoms with Gasteiger partial charge in [-0.1, -0.05) is 0 Å². The van der Waals surface area contributed by atoms with Gasteiger partial charge in [0.05, 0.1) is 33.2 Å². The molecule has 2 aromatic carbocycles. The van der Waals surface area contributed by atoms with E-state index in [1.165, 1.54) is 0 Å². The Bertz CT molecular complexity index is 1180. The Hall–Kier alpha value is -3.45. The predicted molar refractivity (Wildman–Crippen MR) is 138 cm³/mol. The number of carbonyl (C=O) groups excluding carboxylic acids is 1. The van der Waals surface area contributed by atoms with Gasteiger partial charge in [-0.25, -0.2) is 0 Å². The van der Waals surface area contributed by atoms with E-state index in [0.717, 1.165) is 34.1 Å². The molecule has 0 radical (unpaired) electrons. The zero-order valence-electron chi connectivity index (χ0n) is 21.4. The van der Waals surface area contributed by atoms with Crippen LogP contribution in [0.1, 0.15) is 39.7 Å². The van der Waals surface area contributed by atoms with Crippen molar-refractivity contribution >= 4 is 22.4 Å². The summed E-state index contributed by atoms with van der Waals surface area (Å²) in [7, 11) is 3.26. The molecule has 0 fully saturated rings. The van der Waals surface area contributed by atoms with E-state index in [9.17, 15) is 4.79 Å². The van der Waals surface area contributed by atoms with Crippen LogP contribution in [-0.2, 0) is 9.53 Å². The van der Waals surface area contributed by atoms with Crippen molar-refractivity contribution in [3.63, 3.8) is 0 Å².